The van der Waals surface area contributed by atoms with Gasteiger partial charge in [-0.15, -0.1) is 6.42 Å². The molecule has 1 aromatic heterocycles. The lowest BCUT2D eigenvalue weighted by molar-refractivity contribution is 0.0769. The fourth-order valence-electron chi connectivity index (χ4n) is 1.88. The number of pyridine rings is 1. The molecule has 0 saturated heterocycles. The minimum Gasteiger partial charge on any atom is -0.327 e. The van der Waals surface area contributed by atoms with E-state index in [1.54, 1.807) is 17.0 Å². The van der Waals surface area contributed by atoms with Crippen LogP contribution in [0.3, 0.4) is 0 Å². The molecule has 0 unspecified atom stereocenters. The monoisotopic (exact) mass is 262 g/mol. The van der Waals surface area contributed by atoms with Gasteiger partial charge in [-0.1, -0.05) is 17.5 Å². The minimum atomic E-state index is -0.0627. The summed E-state index contributed by atoms with van der Waals surface area (Å²) in [5, 5.41) is 0.338. The van der Waals surface area contributed by atoms with E-state index in [1.807, 2.05) is 6.92 Å². The molecule has 1 aliphatic carbocycles. The zero-order valence-electron chi connectivity index (χ0n) is 10.3. The highest BCUT2D eigenvalue weighted by atomic mass is 35.5. The van der Waals surface area contributed by atoms with Crippen LogP contribution in [0.4, 0.5) is 0 Å². The molecule has 1 aromatic rings. The highest BCUT2D eigenvalue weighted by molar-refractivity contribution is 6.29. The summed E-state index contributed by atoms with van der Waals surface area (Å²) in [4.78, 5) is 18.1. The normalized spacial score (nSPS) is 14.1. The topological polar surface area (TPSA) is 33.2 Å². The van der Waals surface area contributed by atoms with Crippen molar-refractivity contribution >= 4 is 17.5 Å². The fraction of sp³-hybridized carbons (Fsp3) is 0.429. The van der Waals surface area contributed by atoms with Crippen molar-refractivity contribution in [1.82, 2.24) is 9.88 Å². The van der Waals surface area contributed by atoms with Crippen LogP contribution in [0.1, 0.15) is 28.9 Å². The summed E-state index contributed by atoms with van der Waals surface area (Å²) in [5.41, 5.74) is 1.29. The smallest absolute Gasteiger partial charge is 0.254 e. The summed E-state index contributed by atoms with van der Waals surface area (Å²) < 4.78 is 0. The van der Waals surface area contributed by atoms with Crippen molar-refractivity contribution in [2.45, 2.75) is 19.8 Å². The van der Waals surface area contributed by atoms with Crippen molar-refractivity contribution in [3.05, 3.63) is 28.5 Å². The minimum absolute atomic E-state index is 0.0627. The standard InChI is InChI=1S/C14H15ClN2O/c1-3-6-17(9-11-4-5-11)14(18)12-7-10(2)16-13(15)8-12/h1,7-8,11H,4-6,9H2,2H3. The second-order valence-electron chi connectivity index (χ2n) is 4.65. The van der Waals surface area contributed by atoms with E-state index < -0.39 is 0 Å². The molecule has 18 heavy (non-hydrogen) atoms. The van der Waals surface area contributed by atoms with Crippen LogP contribution < -0.4 is 0 Å². The predicted molar refractivity (Wildman–Crippen MR) is 71.4 cm³/mol. The van der Waals surface area contributed by atoms with Gasteiger partial charge in [0.2, 0.25) is 0 Å². The SMILES string of the molecule is C#CCN(CC1CC1)C(=O)c1cc(C)nc(Cl)c1. The maximum atomic E-state index is 12.3. The van der Waals surface area contributed by atoms with Gasteiger partial charge in [-0.05, 0) is 37.8 Å². The number of hydrogen-bond donors (Lipinski definition) is 0. The Morgan fingerprint density at radius 1 is 1.61 bits per heavy atom. The second kappa shape index (κ2) is 5.41. The molecule has 2 rings (SSSR count). The molecule has 0 radical (unpaired) electrons. The molecule has 4 heteroatoms. The lowest BCUT2D eigenvalue weighted by atomic mass is 10.2. The molecule has 0 aromatic carbocycles. The molecule has 0 N–H and O–H groups in total. The summed E-state index contributed by atoms with van der Waals surface area (Å²) in [6, 6.07) is 3.33. The van der Waals surface area contributed by atoms with Gasteiger partial charge in [0, 0.05) is 17.8 Å². The Balaban J connectivity index is 2.18. The zero-order chi connectivity index (χ0) is 13.1. The molecule has 0 aliphatic heterocycles. The van der Waals surface area contributed by atoms with Gasteiger partial charge in [-0.3, -0.25) is 4.79 Å². The lowest BCUT2D eigenvalue weighted by Gasteiger charge is -2.20. The number of hydrogen-bond acceptors (Lipinski definition) is 2. The van der Waals surface area contributed by atoms with E-state index in [1.165, 1.54) is 12.8 Å². The van der Waals surface area contributed by atoms with Gasteiger partial charge in [0.05, 0.1) is 6.54 Å². The molecule has 1 saturated carbocycles. The maximum absolute atomic E-state index is 12.3. The van der Waals surface area contributed by atoms with Gasteiger partial charge in [-0.25, -0.2) is 4.98 Å². The predicted octanol–water partition coefficient (Wildman–Crippen LogP) is 2.53. The Hall–Kier alpha value is -1.53. The molecular formula is C14H15ClN2O. The molecule has 0 bridgehead atoms. The van der Waals surface area contributed by atoms with Gasteiger partial charge in [0.25, 0.3) is 5.91 Å². The fourth-order valence-corrected chi connectivity index (χ4v) is 2.13. The molecule has 94 valence electrons. The Kier molecular flexibility index (Phi) is 3.88. The lowest BCUT2D eigenvalue weighted by Crippen LogP contribution is -2.33. The highest BCUT2D eigenvalue weighted by Crippen LogP contribution is 2.30. The molecular weight excluding hydrogens is 248 g/mol. The van der Waals surface area contributed by atoms with Crippen LogP contribution in [-0.2, 0) is 0 Å². The molecule has 0 atom stereocenters. The van der Waals surface area contributed by atoms with Gasteiger partial charge < -0.3 is 4.90 Å². The van der Waals surface area contributed by atoms with E-state index in [0.29, 0.717) is 23.2 Å². The molecule has 1 aliphatic rings. The molecule has 0 spiro atoms. The van der Waals surface area contributed by atoms with Crippen molar-refractivity contribution in [2.75, 3.05) is 13.1 Å². The van der Waals surface area contributed by atoms with Gasteiger partial charge in [-0.2, -0.15) is 0 Å². The Morgan fingerprint density at radius 3 is 2.89 bits per heavy atom. The summed E-state index contributed by atoms with van der Waals surface area (Å²) in [6.45, 7) is 2.89. The van der Waals surface area contributed by atoms with Crippen LogP contribution in [0.25, 0.3) is 0 Å². The third-order valence-electron chi connectivity index (χ3n) is 2.91. The van der Waals surface area contributed by atoms with E-state index in [9.17, 15) is 4.79 Å². The van der Waals surface area contributed by atoms with Crippen LogP contribution in [0.15, 0.2) is 12.1 Å². The average Bonchev–Trinajstić information content (AvgIpc) is 3.10. The van der Waals surface area contributed by atoms with E-state index in [0.717, 1.165) is 12.2 Å². The number of rotatable bonds is 4. The van der Waals surface area contributed by atoms with E-state index >= 15 is 0 Å². The highest BCUT2D eigenvalue weighted by Gasteiger charge is 2.27. The second-order valence-corrected chi connectivity index (χ2v) is 5.04. The number of aryl methyl sites for hydroxylation is 1. The number of halogens is 1. The first-order valence-electron chi connectivity index (χ1n) is 5.97. The summed E-state index contributed by atoms with van der Waals surface area (Å²) >= 11 is 5.87. The Bertz CT molecular complexity index is 483. The van der Waals surface area contributed by atoms with Crippen LogP contribution in [0.5, 0.6) is 0 Å². The quantitative estimate of drug-likeness (QED) is 0.617. The first-order valence-corrected chi connectivity index (χ1v) is 6.35. The number of carbonyl (C=O) groups excluding carboxylic acids is 1. The van der Waals surface area contributed by atoms with Gasteiger partial charge in [0.15, 0.2) is 0 Å². The van der Waals surface area contributed by atoms with Crippen LogP contribution in [-0.4, -0.2) is 28.9 Å². The number of aromatic nitrogens is 1. The molecule has 1 amide bonds. The van der Waals surface area contributed by atoms with Crippen molar-refractivity contribution in [3.8, 4) is 12.3 Å². The van der Waals surface area contributed by atoms with E-state index in [2.05, 4.69) is 10.9 Å². The maximum Gasteiger partial charge on any atom is 0.254 e. The van der Waals surface area contributed by atoms with Crippen molar-refractivity contribution in [2.24, 2.45) is 5.92 Å². The summed E-state index contributed by atoms with van der Waals surface area (Å²) in [7, 11) is 0. The van der Waals surface area contributed by atoms with Crippen molar-refractivity contribution in [1.29, 1.82) is 0 Å². The number of carbonyl (C=O) groups is 1. The van der Waals surface area contributed by atoms with Crippen molar-refractivity contribution in [3.63, 3.8) is 0 Å². The van der Waals surface area contributed by atoms with Crippen molar-refractivity contribution < 1.29 is 4.79 Å². The molecule has 3 nitrogen and oxygen atoms in total. The van der Waals surface area contributed by atoms with Gasteiger partial charge >= 0.3 is 0 Å². The van der Waals surface area contributed by atoms with Crippen LogP contribution in [0, 0.1) is 25.2 Å². The summed E-state index contributed by atoms with van der Waals surface area (Å²) in [6.07, 6.45) is 7.69. The summed E-state index contributed by atoms with van der Waals surface area (Å²) in [5.74, 6) is 3.09. The number of nitrogens with zero attached hydrogens (tertiary/aromatic N) is 2. The largest absolute Gasteiger partial charge is 0.327 e. The first kappa shape index (κ1) is 12.9. The molecule has 1 heterocycles. The zero-order valence-corrected chi connectivity index (χ0v) is 11.1. The van der Waals surface area contributed by atoms with Crippen LogP contribution in [0.2, 0.25) is 5.15 Å². The average molecular weight is 263 g/mol. The van der Waals surface area contributed by atoms with Gasteiger partial charge in [0.1, 0.15) is 5.15 Å². The Morgan fingerprint density at radius 2 is 2.33 bits per heavy atom. The number of amides is 1. The first-order chi connectivity index (χ1) is 8.60. The van der Waals surface area contributed by atoms with Crippen LogP contribution >= 0.6 is 11.6 Å². The number of terminal acetylenes is 1. The van der Waals surface area contributed by atoms with E-state index in [4.69, 9.17) is 18.0 Å². The Labute approximate surface area is 112 Å². The molecule has 1 fully saturated rings. The van der Waals surface area contributed by atoms with E-state index in [-0.39, 0.29) is 5.91 Å². The third kappa shape index (κ3) is 3.24. The third-order valence-corrected chi connectivity index (χ3v) is 3.11.